The van der Waals surface area contributed by atoms with Crippen LogP contribution in [0, 0.1) is 5.92 Å². The number of ether oxygens (including phenoxy) is 1. The molecule has 1 aliphatic carbocycles. The van der Waals surface area contributed by atoms with Crippen LogP contribution in [0.15, 0.2) is 36.4 Å². The first-order valence-electron chi connectivity index (χ1n) is 9.55. The highest BCUT2D eigenvalue weighted by Crippen LogP contribution is 2.39. The fourth-order valence-corrected chi connectivity index (χ4v) is 3.33. The van der Waals surface area contributed by atoms with E-state index < -0.39 is 0 Å². The van der Waals surface area contributed by atoms with E-state index in [1.165, 1.54) is 12.8 Å². The Morgan fingerprint density at radius 3 is 2.61 bits per heavy atom. The molecule has 2 aromatic carbocycles. The number of benzene rings is 2. The standard InChI is InChI=1S/C21H27ClN4O2/c1-2-28-19(27)12-25-11-14-5-7-16(8-6-14)17-9-10-18(21(23)20(17)22)26(24)13-15-3-4-15/h5-10,15,25H,2-4,11-13,23-24H2,1H3. The topological polar surface area (TPSA) is 93.6 Å². The average Bonchev–Trinajstić information content (AvgIpc) is 3.49. The molecule has 0 spiro atoms. The molecule has 0 unspecified atom stereocenters. The fourth-order valence-electron chi connectivity index (χ4n) is 3.06. The Bertz CT molecular complexity index is 822. The summed E-state index contributed by atoms with van der Waals surface area (Å²) >= 11 is 6.55. The summed E-state index contributed by atoms with van der Waals surface area (Å²) in [6, 6.07) is 11.9. The van der Waals surface area contributed by atoms with E-state index in [9.17, 15) is 4.79 Å². The second kappa shape index (κ2) is 9.28. The van der Waals surface area contributed by atoms with Crippen molar-refractivity contribution in [3.8, 4) is 11.1 Å². The molecule has 28 heavy (non-hydrogen) atoms. The van der Waals surface area contributed by atoms with E-state index in [1.807, 2.05) is 36.4 Å². The van der Waals surface area contributed by atoms with Crippen LogP contribution in [0.5, 0.6) is 0 Å². The Morgan fingerprint density at radius 1 is 1.25 bits per heavy atom. The normalized spacial score (nSPS) is 13.4. The highest BCUT2D eigenvalue weighted by Gasteiger charge is 2.24. The summed E-state index contributed by atoms with van der Waals surface area (Å²) in [4.78, 5) is 11.4. The number of nitrogens with two attached hydrogens (primary N) is 2. The highest BCUT2D eigenvalue weighted by atomic mass is 35.5. The number of nitrogens with zero attached hydrogens (tertiary/aromatic N) is 1. The van der Waals surface area contributed by atoms with Crippen molar-refractivity contribution < 1.29 is 9.53 Å². The third-order valence-corrected chi connectivity index (χ3v) is 5.19. The fraction of sp³-hybridized carbons (Fsp3) is 0.381. The van der Waals surface area contributed by atoms with Crippen LogP contribution in [0.4, 0.5) is 11.4 Å². The molecule has 0 heterocycles. The number of carbonyl (C=O) groups is 1. The zero-order valence-electron chi connectivity index (χ0n) is 16.1. The van der Waals surface area contributed by atoms with E-state index >= 15 is 0 Å². The van der Waals surface area contributed by atoms with E-state index in [1.54, 1.807) is 11.9 Å². The molecule has 0 atom stereocenters. The second-order valence-corrected chi connectivity index (χ2v) is 7.44. The number of nitrogens with one attached hydrogen (secondary N) is 1. The van der Waals surface area contributed by atoms with Gasteiger partial charge >= 0.3 is 5.97 Å². The van der Waals surface area contributed by atoms with Crippen LogP contribution in [0.25, 0.3) is 11.1 Å². The number of nitrogen functional groups attached to an aromatic ring is 1. The van der Waals surface area contributed by atoms with Gasteiger partial charge in [-0.15, -0.1) is 0 Å². The van der Waals surface area contributed by atoms with Gasteiger partial charge in [0.2, 0.25) is 0 Å². The predicted octanol–water partition coefficient (Wildman–Crippen LogP) is 3.33. The quantitative estimate of drug-likeness (QED) is 0.258. The Kier molecular flexibility index (Phi) is 6.78. The zero-order valence-corrected chi connectivity index (χ0v) is 16.8. The molecule has 1 fully saturated rings. The van der Waals surface area contributed by atoms with Gasteiger partial charge in [0.05, 0.1) is 29.5 Å². The van der Waals surface area contributed by atoms with Crippen LogP contribution >= 0.6 is 11.6 Å². The molecule has 0 bridgehead atoms. The SMILES string of the molecule is CCOC(=O)CNCc1ccc(-c2ccc(N(N)CC3CC3)c(N)c2Cl)cc1. The molecule has 0 saturated heterocycles. The molecular formula is C21H27ClN4O2. The van der Waals surface area contributed by atoms with E-state index in [2.05, 4.69) is 5.32 Å². The van der Waals surface area contributed by atoms with Crippen molar-refractivity contribution in [2.75, 3.05) is 30.4 Å². The number of esters is 1. The third-order valence-electron chi connectivity index (χ3n) is 4.79. The minimum Gasteiger partial charge on any atom is -0.465 e. The molecule has 2 aromatic rings. The minimum absolute atomic E-state index is 0.190. The number of hydrogen-bond donors (Lipinski definition) is 3. The van der Waals surface area contributed by atoms with Crippen molar-refractivity contribution in [3.05, 3.63) is 47.0 Å². The van der Waals surface area contributed by atoms with E-state index in [4.69, 9.17) is 27.9 Å². The summed E-state index contributed by atoms with van der Waals surface area (Å²) < 4.78 is 4.89. The van der Waals surface area contributed by atoms with Crippen molar-refractivity contribution in [2.24, 2.45) is 11.8 Å². The summed E-state index contributed by atoms with van der Waals surface area (Å²) in [5.74, 6) is 6.56. The molecule has 0 aliphatic heterocycles. The first kappa shape index (κ1) is 20.5. The molecule has 6 nitrogen and oxygen atoms in total. The maximum atomic E-state index is 11.4. The summed E-state index contributed by atoms with van der Waals surface area (Å²) in [7, 11) is 0. The highest BCUT2D eigenvalue weighted by molar-refractivity contribution is 6.36. The lowest BCUT2D eigenvalue weighted by Crippen LogP contribution is -2.33. The van der Waals surface area contributed by atoms with Gasteiger partial charge < -0.3 is 20.8 Å². The Hall–Kier alpha value is -2.28. The van der Waals surface area contributed by atoms with Gasteiger partial charge in [-0.25, -0.2) is 5.84 Å². The van der Waals surface area contributed by atoms with Crippen molar-refractivity contribution in [2.45, 2.75) is 26.3 Å². The van der Waals surface area contributed by atoms with Crippen LogP contribution < -0.4 is 21.9 Å². The molecule has 0 aromatic heterocycles. The maximum absolute atomic E-state index is 11.4. The molecule has 3 rings (SSSR count). The third kappa shape index (κ3) is 5.16. The van der Waals surface area contributed by atoms with Gasteiger partial charge in [-0.05, 0) is 42.9 Å². The van der Waals surface area contributed by atoms with Crippen LogP contribution in [0.1, 0.15) is 25.3 Å². The molecule has 7 heteroatoms. The number of hydrazine groups is 1. The largest absolute Gasteiger partial charge is 0.465 e. The van der Waals surface area contributed by atoms with Gasteiger partial charge in [0, 0.05) is 18.7 Å². The van der Waals surface area contributed by atoms with Gasteiger partial charge in [0.15, 0.2) is 0 Å². The lowest BCUT2D eigenvalue weighted by molar-refractivity contribution is -0.142. The Labute approximate surface area is 170 Å². The van der Waals surface area contributed by atoms with Gasteiger partial charge in [0.1, 0.15) is 0 Å². The maximum Gasteiger partial charge on any atom is 0.319 e. The summed E-state index contributed by atoms with van der Waals surface area (Å²) in [5, 5.41) is 5.27. The van der Waals surface area contributed by atoms with E-state index in [0.29, 0.717) is 29.8 Å². The molecule has 5 N–H and O–H groups in total. The summed E-state index contributed by atoms with van der Waals surface area (Å²) in [6.07, 6.45) is 2.45. The first-order valence-corrected chi connectivity index (χ1v) is 9.93. The number of hydrogen-bond acceptors (Lipinski definition) is 6. The predicted molar refractivity (Wildman–Crippen MR) is 114 cm³/mol. The first-order chi connectivity index (χ1) is 13.5. The number of anilines is 2. The molecular weight excluding hydrogens is 376 g/mol. The van der Waals surface area contributed by atoms with Crippen molar-refractivity contribution in [3.63, 3.8) is 0 Å². The van der Waals surface area contributed by atoms with Crippen LogP contribution in [0.2, 0.25) is 5.02 Å². The monoisotopic (exact) mass is 402 g/mol. The van der Waals surface area contributed by atoms with Gasteiger partial charge in [-0.2, -0.15) is 0 Å². The van der Waals surface area contributed by atoms with Crippen LogP contribution in [0.3, 0.4) is 0 Å². The minimum atomic E-state index is -0.253. The summed E-state index contributed by atoms with van der Waals surface area (Å²) in [6.45, 7) is 3.75. The smallest absolute Gasteiger partial charge is 0.319 e. The van der Waals surface area contributed by atoms with Crippen LogP contribution in [-0.4, -0.2) is 25.7 Å². The number of halogens is 1. The molecule has 0 amide bonds. The van der Waals surface area contributed by atoms with Gasteiger partial charge in [-0.3, -0.25) is 4.79 Å². The lowest BCUT2D eigenvalue weighted by Gasteiger charge is -2.22. The van der Waals surface area contributed by atoms with Crippen LogP contribution in [-0.2, 0) is 16.1 Å². The number of rotatable bonds is 9. The van der Waals surface area contributed by atoms with Gasteiger partial charge in [0.25, 0.3) is 0 Å². The Morgan fingerprint density at radius 2 is 1.96 bits per heavy atom. The molecule has 1 saturated carbocycles. The average molecular weight is 403 g/mol. The lowest BCUT2D eigenvalue weighted by atomic mass is 10.0. The van der Waals surface area contributed by atoms with Crippen molar-refractivity contribution in [1.82, 2.24) is 5.32 Å². The molecule has 150 valence electrons. The van der Waals surface area contributed by atoms with Gasteiger partial charge in [-0.1, -0.05) is 41.9 Å². The Balaban J connectivity index is 1.66. The number of carbonyl (C=O) groups excluding carboxylic acids is 1. The zero-order chi connectivity index (χ0) is 20.1. The second-order valence-electron chi connectivity index (χ2n) is 7.06. The van der Waals surface area contributed by atoms with E-state index in [0.717, 1.165) is 28.9 Å². The van der Waals surface area contributed by atoms with Crippen molar-refractivity contribution in [1.29, 1.82) is 0 Å². The summed E-state index contributed by atoms with van der Waals surface area (Å²) in [5.41, 5.74) is 10.4. The molecule has 0 radical (unpaired) electrons. The van der Waals surface area contributed by atoms with Crippen molar-refractivity contribution >= 4 is 28.9 Å². The van der Waals surface area contributed by atoms with E-state index in [-0.39, 0.29) is 12.5 Å². The molecule has 1 aliphatic rings.